The van der Waals surface area contributed by atoms with Gasteiger partial charge in [0.2, 0.25) is 0 Å². The van der Waals surface area contributed by atoms with Crippen molar-refractivity contribution in [2.45, 2.75) is 51.7 Å². The van der Waals surface area contributed by atoms with Crippen LogP contribution in [0.3, 0.4) is 0 Å². The zero-order chi connectivity index (χ0) is 58.3. The van der Waals surface area contributed by atoms with Crippen molar-refractivity contribution >= 4 is 113 Å². The summed E-state index contributed by atoms with van der Waals surface area (Å²) in [4.78, 5) is 47.8. The summed E-state index contributed by atoms with van der Waals surface area (Å²) in [7, 11) is 0. The van der Waals surface area contributed by atoms with Gasteiger partial charge in [-0.3, -0.25) is 4.57 Å². The summed E-state index contributed by atoms with van der Waals surface area (Å²) in [5, 5.41) is 15.2. The Morgan fingerprint density at radius 2 is 1.10 bits per heavy atom. The number of H-pyrrole nitrogens is 1. The van der Waals surface area contributed by atoms with Gasteiger partial charge in [0, 0.05) is 75.4 Å². The Hall–Kier alpha value is -9.58. The number of nitrogens with zero attached hydrogens (tertiary/aromatic N) is 11. The molecule has 4 aromatic carbocycles. The molecule has 0 amide bonds. The minimum atomic E-state index is -4.59. The van der Waals surface area contributed by atoms with Gasteiger partial charge in [0.1, 0.15) is 64.6 Å². The Kier molecular flexibility index (Phi) is 14.8. The van der Waals surface area contributed by atoms with Crippen molar-refractivity contribution in [3.8, 4) is 22.5 Å². The maximum absolute atomic E-state index is 13.5. The molecule has 1 aliphatic heterocycles. The number of hydrogen-bond donors (Lipinski definition) is 5. The van der Waals surface area contributed by atoms with Gasteiger partial charge in [0.25, 0.3) is 0 Å². The molecular formula is C59H44Cl2F6N16O. The van der Waals surface area contributed by atoms with Crippen molar-refractivity contribution in [1.29, 1.82) is 0 Å². The van der Waals surface area contributed by atoms with E-state index in [9.17, 15) is 26.3 Å². The molecule has 0 radical (unpaired) electrons. The average Bonchev–Trinajstić information content (AvgIpc) is 4.22. The van der Waals surface area contributed by atoms with Gasteiger partial charge in [-0.2, -0.15) is 26.3 Å². The zero-order valence-electron chi connectivity index (χ0n) is 44.1. The molecule has 1 fully saturated rings. The lowest BCUT2D eigenvalue weighted by Gasteiger charge is -2.23. The highest BCUT2D eigenvalue weighted by Gasteiger charge is 2.35. The highest BCUT2D eigenvalue weighted by atomic mass is 35.5. The van der Waals surface area contributed by atoms with Crippen molar-refractivity contribution in [2.75, 3.05) is 27.9 Å². The Balaban J connectivity index is 0.000000167. The fourth-order valence-electron chi connectivity index (χ4n) is 9.97. The van der Waals surface area contributed by atoms with Crippen LogP contribution in [-0.4, -0.2) is 66.0 Å². The van der Waals surface area contributed by atoms with Crippen molar-refractivity contribution in [2.24, 2.45) is 0 Å². The van der Waals surface area contributed by atoms with Crippen LogP contribution in [-0.2, 0) is 17.1 Å². The first-order valence-electron chi connectivity index (χ1n) is 26.0. The van der Waals surface area contributed by atoms with E-state index in [4.69, 9.17) is 27.9 Å². The van der Waals surface area contributed by atoms with Gasteiger partial charge >= 0.3 is 12.4 Å². The Labute approximate surface area is 483 Å². The number of rotatable bonds is 11. The van der Waals surface area contributed by atoms with Gasteiger partial charge < -0.3 is 31.0 Å². The number of alkyl halides is 6. The van der Waals surface area contributed by atoms with Crippen LogP contribution in [0.25, 0.3) is 66.4 Å². The largest absolute Gasteiger partial charge is 0.417 e. The van der Waals surface area contributed by atoms with E-state index in [2.05, 4.69) is 76.1 Å². The number of ether oxygens (including phenoxy) is 1. The van der Waals surface area contributed by atoms with Gasteiger partial charge in [0.15, 0.2) is 11.3 Å². The third-order valence-electron chi connectivity index (χ3n) is 14.0. The minimum Gasteiger partial charge on any atom is -0.358 e. The molecule has 84 heavy (non-hydrogen) atoms. The predicted molar refractivity (Wildman–Crippen MR) is 311 cm³/mol. The smallest absolute Gasteiger partial charge is 0.358 e. The van der Waals surface area contributed by atoms with Crippen LogP contribution in [0, 0.1) is 13.8 Å². The number of anilines is 8. The molecule has 0 saturated carbocycles. The van der Waals surface area contributed by atoms with Crippen molar-refractivity contribution in [1.82, 2.24) is 59.4 Å². The number of aryl methyl sites for hydroxylation is 2. The van der Waals surface area contributed by atoms with Gasteiger partial charge in [-0.25, -0.2) is 49.8 Å². The maximum atomic E-state index is 13.5. The monoisotopic (exact) mass is 1180 g/mol. The lowest BCUT2D eigenvalue weighted by molar-refractivity contribution is -0.138. The van der Waals surface area contributed by atoms with E-state index < -0.39 is 23.5 Å². The minimum absolute atomic E-state index is 0.124. The molecule has 1 saturated heterocycles. The number of hydrogen-bond acceptors (Lipinski definition) is 15. The molecule has 5 N–H and O–H groups in total. The van der Waals surface area contributed by atoms with Crippen LogP contribution in [0.5, 0.6) is 0 Å². The number of fused-ring (bicyclic) bond motifs is 4. The Morgan fingerprint density at radius 3 is 1.65 bits per heavy atom. The lowest BCUT2D eigenvalue weighted by Crippen LogP contribution is -2.17. The van der Waals surface area contributed by atoms with E-state index in [1.807, 2.05) is 79.1 Å². The number of aromatic amines is 1. The highest BCUT2D eigenvalue weighted by molar-refractivity contribution is 6.32. The molecule has 0 spiro atoms. The summed E-state index contributed by atoms with van der Waals surface area (Å²) in [6.45, 7) is 4.61. The Morgan fingerprint density at radius 1 is 0.548 bits per heavy atom. The van der Waals surface area contributed by atoms with Crippen LogP contribution in [0.15, 0.2) is 147 Å². The Bertz CT molecular complexity index is 4460. The quantitative estimate of drug-likeness (QED) is 0.0764. The second-order valence-corrected chi connectivity index (χ2v) is 20.2. The molecule has 13 rings (SSSR count). The predicted octanol–water partition coefficient (Wildman–Crippen LogP) is 16.0. The number of nitrogens with one attached hydrogen (secondary N) is 5. The van der Waals surface area contributed by atoms with Crippen molar-refractivity contribution in [3.63, 3.8) is 0 Å². The van der Waals surface area contributed by atoms with E-state index >= 15 is 0 Å². The molecule has 8 aromatic heterocycles. The van der Waals surface area contributed by atoms with E-state index in [1.54, 1.807) is 37.4 Å². The number of imidazole rings is 2. The molecule has 422 valence electrons. The van der Waals surface area contributed by atoms with Crippen molar-refractivity contribution in [3.05, 3.63) is 179 Å². The van der Waals surface area contributed by atoms with Gasteiger partial charge in [-0.05, 0) is 117 Å². The maximum Gasteiger partial charge on any atom is 0.417 e. The molecule has 0 aliphatic carbocycles. The van der Waals surface area contributed by atoms with Crippen LogP contribution in [0.2, 0.25) is 10.0 Å². The number of benzene rings is 4. The van der Waals surface area contributed by atoms with Gasteiger partial charge in [-0.1, -0.05) is 47.5 Å². The number of pyridine rings is 4. The second-order valence-electron chi connectivity index (χ2n) is 19.4. The SMILES string of the molecule is Cc1ccc2c(Nc3ccc(Cl)c(C(F)(F)F)c3)nccc2c1Nc1ncccc1-c1ncnc2c1ncn2C1CCCCO1.Cc1ccc2c(Nc3ccc(Cl)c(C(F)(F)F)c3)nccc2c1Nc1ncccc1-c1ncnc2nc[nH]c12. The molecule has 0 bridgehead atoms. The summed E-state index contributed by atoms with van der Waals surface area (Å²) in [5.41, 5.74) is 7.19. The third kappa shape index (κ3) is 11.0. The molecule has 1 atom stereocenters. The van der Waals surface area contributed by atoms with E-state index in [0.717, 1.165) is 75.8 Å². The number of halogens is 8. The average molecular weight is 1180 g/mol. The summed E-state index contributed by atoms with van der Waals surface area (Å²) in [6, 6.07) is 26.0. The van der Waals surface area contributed by atoms with E-state index in [1.165, 1.54) is 36.9 Å². The van der Waals surface area contributed by atoms with Crippen LogP contribution < -0.4 is 21.3 Å². The molecular weight excluding hydrogens is 1130 g/mol. The first-order chi connectivity index (χ1) is 40.6. The van der Waals surface area contributed by atoms with Crippen LogP contribution >= 0.6 is 23.2 Å². The molecule has 25 heteroatoms. The van der Waals surface area contributed by atoms with Gasteiger partial charge in [0.05, 0.1) is 45.2 Å². The molecule has 17 nitrogen and oxygen atoms in total. The zero-order valence-corrected chi connectivity index (χ0v) is 45.6. The van der Waals surface area contributed by atoms with E-state index in [-0.39, 0.29) is 27.6 Å². The molecule has 9 heterocycles. The lowest BCUT2D eigenvalue weighted by atomic mass is 10.0. The molecule has 1 unspecified atom stereocenters. The summed E-state index contributed by atoms with van der Waals surface area (Å²) >= 11 is 11.6. The first kappa shape index (κ1) is 55.0. The van der Waals surface area contributed by atoms with E-state index in [0.29, 0.717) is 74.4 Å². The summed E-state index contributed by atoms with van der Waals surface area (Å²) < 4.78 is 88.6. The molecule has 1 aliphatic rings. The third-order valence-corrected chi connectivity index (χ3v) is 14.7. The highest BCUT2D eigenvalue weighted by Crippen LogP contribution is 2.42. The van der Waals surface area contributed by atoms with Gasteiger partial charge in [-0.15, -0.1) is 0 Å². The fraction of sp³-hybridized carbons (Fsp3) is 0.153. The second kappa shape index (κ2) is 22.6. The topological polar surface area (TPSA) is 207 Å². The van der Waals surface area contributed by atoms with Crippen LogP contribution in [0.4, 0.5) is 72.4 Å². The van der Waals surface area contributed by atoms with Crippen molar-refractivity contribution < 1.29 is 31.1 Å². The first-order valence-corrected chi connectivity index (χ1v) is 26.7. The fourth-order valence-corrected chi connectivity index (χ4v) is 10.4. The standard InChI is InChI=1S/C32H26ClF3N8O.C27H18ClF3N8/c1-18-7-9-21-20(11-13-38-29(21)42-19-8-10-24(33)23(15-19)32(34,35)36)26(18)43-30-22(5-4-12-37-30)27-28-31(40-16-39-27)44(17-41-28)25-6-2-3-14-45-25;1-14-4-6-17-16(8-10-33-24(17)38-15-5-7-20(28)19(11-15)27(29,30)31)21(14)39-25-18(3-2-9-32-25)22-23-26(36-12-34-22)37-13-35-23/h4-5,7-13,15-17,25H,2-3,6,14H2,1H3,(H,37,43)(H,38,42);2-13H,1H3,(H,32,39)(H,33,38)(H,34,35,36,37). The molecule has 12 aromatic rings. The van der Waals surface area contributed by atoms with Crippen LogP contribution in [0.1, 0.15) is 47.7 Å². The summed E-state index contributed by atoms with van der Waals surface area (Å²) in [6.07, 6.45) is 6.52. The normalized spacial score (nSPS) is 13.7. The number of aromatic nitrogens is 12. The summed E-state index contributed by atoms with van der Waals surface area (Å²) in [5.74, 6) is 1.89.